The zero-order chi connectivity index (χ0) is 12.2. The van der Waals surface area contributed by atoms with Crippen LogP contribution in [0.4, 0.5) is 0 Å². The molecule has 0 aromatic rings. The molecule has 2 nitrogen and oxygen atoms in total. The van der Waals surface area contributed by atoms with E-state index in [2.05, 4.69) is 29.0 Å². The summed E-state index contributed by atoms with van der Waals surface area (Å²) in [5.41, 5.74) is 1.17. The monoisotopic (exact) mass is 239 g/mol. The first-order valence-electron chi connectivity index (χ1n) is 5.62. The van der Waals surface area contributed by atoms with E-state index in [1.165, 1.54) is 5.57 Å². The van der Waals surface area contributed by atoms with Crippen molar-refractivity contribution in [3.05, 3.63) is 36.0 Å². The van der Waals surface area contributed by atoms with Crippen LogP contribution in [0.3, 0.4) is 0 Å². The Labute approximate surface area is 102 Å². The van der Waals surface area contributed by atoms with Crippen molar-refractivity contribution in [3.8, 4) is 0 Å². The van der Waals surface area contributed by atoms with Crippen LogP contribution in [0.1, 0.15) is 34.1 Å². The fourth-order valence-electron chi connectivity index (χ4n) is 1.29. The van der Waals surface area contributed by atoms with Gasteiger partial charge in [0, 0.05) is 11.4 Å². The van der Waals surface area contributed by atoms with E-state index in [9.17, 15) is 4.55 Å². The van der Waals surface area contributed by atoms with Crippen LogP contribution in [0.2, 0.25) is 0 Å². The Hall–Kier alpha value is -0.510. The second kappa shape index (κ2) is 5.71. The van der Waals surface area contributed by atoms with Crippen molar-refractivity contribution in [1.82, 2.24) is 4.72 Å². The van der Waals surface area contributed by atoms with Gasteiger partial charge in [-0.05, 0) is 39.7 Å². The largest absolute Gasteiger partial charge is 0.598 e. The number of nitrogens with one attached hydrogen (secondary N) is 1. The van der Waals surface area contributed by atoms with Crippen molar-refractivity contribution in [1.29, 1.82) is 0 Å². The van der Waals surface area contributed by atoms with Gasteiger partial charge >= 0.3 is 0 Å². The van der Waals surface area contributed by atoms with Crippen LogP contribution in [-0.2, 0) is 11.4 Å². The maximum absolute atomic E-state index is 11.9. The Kier molecular flexibility index (Phi) is 4.84. The number of allylic oxidation sites excluding steroid dienone is 4. The highest BCUT2D eigenvalue weighted by molar-refractivity contribution is 7.90. The molecule has 0 amide bonds. The molecule has 1 rings (SSSR count). The lowest BCUT2D eigenvalue weighted by Crippen LogP contribution is -2.44. The molecule has 90 valence electrons. The Morgan fingerprint density at radius 1 is 1.38 bits per heavy atom. The third-order valence-electron chi connectivity index (χ3n) is 2.35. The third kappa shape index (κ3) is 4.16. The van der Waals surface area contributed by atoms with Crippen molar-refractivity contribution in [2.24, 2.45) is 0 Å². The van der Waals surface area contributed by atoms with E-state index in [0.29, 0.717) is 0 Å². The highest BCUT2D eigenvalue weighted by Crippen LogP contribution is 2.16. The molecule has 0 saturated carbocycles. The highest BCUT2D eigenvalue weighted by Gasteiger charge is 2.28. The Bertz CT molecular complexity index is 312. The van der Waals surface area contributed by atoms with E-state index in [4.69, 9.17) is 0 Å². The van der Waals surface area contributed by atoms with Crippen LogP contribution >= 0.6 is 0 Å². The number of rotatable bonds is 3. The lowest BCUT2D eigenvalue weighted by Gasteiger charge is -2.26. The molecule has 1 aliphatic carbocycles. The molecule has 1 unspecified atom stereocenters. The molecule has 2 atom stereocenters. The first kappa shape index (κ1) is 13.6. The Morgan fingerprint density at radius 2 is 2.06 bits per heavy atom. The molecule has 0 fully saturated rings. The first-order chi connectivity index (χ1) is 7.41. The summed E-state index contributed by atoms with van der Waals surface area (Å²) >= 11 is -1.02. The van der Waals surface area contributed by atoms with Crippen LogP contribution in [0.15, 0.2) is 36.0 Å². The first-order valence-corrected chi connectivity index (χ1v) is 6.77. The van der Waals surface area contributed by atoms with Crippen LogP contribution in [-0.4, -0.2) is 15.3 Å². The van der Waals surface area contributed by atoms with E-state index in [0.717, 1.165) is 6.42 Å². The van der Waals surface area contributed by atoms with Gasteiger partial charge in [-0.1, -0.05) is 30.4 Å². The Morgan fingerprint density at radius 3 is 2.69 bits per heavy atom. The van der Waals surface area contributed by atoms with Gasteiger partial charge in [-0.3, -0.25) is 0 Å². The van der Waals surface area contributed by atoms with Crippen molar-refractivity contribution in [3.63, 3.8) is 0 Å². The molecule has 1 N–H and O–H groups in total. The second-order valence-electron chi connectivity index (χ2n) is 4.95. The summed E-state index contributed by atoms with van der Waals surface area (Å²) in [6, 6.07) is 0.110. The van der Waals surface area contributed by atoms with Gasteiger partial charge in [0.05, 0.1) is 6.04 Å². The quantitative estimate of drug-likeness (QED) is 0.769. The minimum atomic E-state index is -1.02. The minimum Gasteiger partial charge on any atom is -0.598 e. The summed E-state index contributed by atoms with van der Waals surface area (Å²) in [5.74, 6) is 0. The fourth-order valence-corrected chi connectivity index (χ4v) is 2.10. The third-order valence-corrected chi connectivity index (χ3v) is 4.03. The minimum absolute atomic E-state index is 0.110. The smallest absolute Gasteiger partial charge is 0.136 e. The molecule has 0 aromatic carbocycles. The topological polar surface area (TPSA) is 35.1 Å². The summed E-state index contributed by atoms with van der Waals surface area (Å²) in [4.78, 5) is 0. The molecule has 0 aromatic heterocycles. The van der Waals surface area contributed by atoms with Gasteiger partial charge < -0.3 is 4.55 Å². The summed E-state index contributed by atoms with van der Waals surface area (Å²) in [5, 5.41) is 0. The molecule has 0 heterocycles. The lowest BCUT2D eigenvalue weighted by atomic mass is 10.1. The SMILES string of the molecule is C[C@@H](N[S+]([O-])C(C)(C)C)C1=CC=CCC=C1. The molecule has 0 saturated heterocycles. The Balaban J connectivity index is 2.61. The number of hydrogen-bond donors (Lipinski definition) is 1. The molecule has 0 bridgehead atoms. The standard InChI is InChI=1S/C13H21NOS/c1-11(14-16(15)13(2,3)4)12-9-7-5-6-8-10-12/h5,7-11,14H,6H2,1-4H3/t11-,16?/m1/s1. The van der Waals surface area contributed by atoms with Gasteiger partial charge in [-0.2, -0.15) is 0 Å². The summed E-state index contributed by atoms with van der Waals surface area (Å²) < 4.78 is 14.8. The summed E-state index contributed by atoms with van der Waals surface area (Å²) in [6.07, 6.45) is 11.4. The van der Waals surface area contributed by atoms with Crippen LogP contribution in [0.5, 0.6) is 0 Å². The van der Waals surface area contributed by atoms with Crippen LogP contribution in [0.25, 0.3) is 0 Å². The maximum Gasteiger partial charge on any atom is 0.136 e. The molecule has 0 spiro atoms. The van der Waals surface area contributed by atoms with E-state index in [1.54, 1.807) is 0 Å². The molecular weight excluding hydrogens is 218 g/mol. The van der Waals surface area contributed by atoms with Crippen LogP contribution in [0, 0.1) is 0 Å². The molecule has 16 heavy (non-hydrogen) atoms. The normalized spacial score (nSPS) is 20.2. The average molecular weight is 239 g/mol. The van der Waals surface area contributed by atoms with Gasteiger partial charge in [0.2, 0.25) is 0 Å². The maximum atomic E-state index is 11.9. The van der Waals surface area contributed by atoms with Crippen molar-refractivity contribution in [2.45, 2.75) is 44.9 Å². The van der Waals surface area contributed by atoms with Gasteiger partial charge in [0.25, 0.3) is 0 Å². The zero-order valence-corrected chi connectivity index (χ0v) is 11.3. The average Bonchev–Trinajstić information content (AvgIpc) is 2.43. The van der Waals surface area contributed by atoms with Crippen molar-refractivity contribution >= 4 is 11.4 Å². The van der Waals surface area contributed by atoms with Gasteiger partial charge in [0.1, 0.15) is 4.75 Å². The van der Waals surface area contributed by atoms with Crippen molar-refractivity contribution in [2.75, 3.05) is 0 Å². The van der Waals surface area contributed by atoms with E-state index in [1.807, 2.05) is 33.8 Å². The highest BCUT2D eigenvalue weighted by atomic mass is 32.2. The van der Waals surface area contributed by atoms with Crippen LogP contribution < -0.4 is 4.72 Å². The molecule has 0 radical (unpaired) electrons. The van der Waals surface area contributed by atoms with E-state index < -0.39 is 11.4 Å². The lowest BCUT2D eigenvalue weighted by molar-refractivity contribution is 0.537. The summed E-state index contributed by atoms with van der Waals surface area (Å²) in [7, 11) is 0. The number of hydrogen-bond acceptors (Lipinski definition) is 2. The fraction of sp³-hybridized carbons (Fsp3) is 0.538. The zero-order valence-electron chi connectivity index (χ0n) is 10.5. The second-order valence-corrected chi connectivity index (χ2v) is 6.95. The van der Waals surface area contributed by atoms with Gasteiger partial charge in [-0.25, -0.2) is 0 Å². The predicted molar refractivity (Wildman–Crippen MR) is 71.5 cm³/mol. The van der Waals surface area contributed by atoms with Gasteiger partial charge in [0.15, 0.2) is 0 Å². The summed E-state index contributed by atoms with van der Waals surface area (Å²) in [6.45, 7) is 7.96. The predicted octanol–water partition coefficient (Wildman–Crippen LogP) is 2.87. The molecule has 3 heteroatoms. The van der Waals surface area contributed by atoms with Crippen molar-refractivity contribution < 1.29 is 4.55 Å². The molecule has 0 aliphatic heterocycles. The van der Waals surface area contributed by atoms with E-state index in [-0.39, 0.29) is 10.8 Å². The van der Waals surface area contributed by atoms with Gasteiger partial charge in [-0.15, -0.1) is 4.72 Å². The molecular formula is C13H21NOS. The molecule has 1 aliphatic rings. The van der Waals surface area contributed by atoms with E-state index >= 15 is 0 Å².